The van der Waals surface area contributed by atoms with Gasteiger partial charge >= 0.3 is 5.97 Å². The molecule has 1 aromatic carbocycles. The van der Waals surface area contributed by atoms with Gasteiger partial charge in [0.25, 0.3) is 0 Å². The molecule has 0 atom stereocenters. The maximum atomic E-state index is 13.4. The number of fused-ring (bicyclic) bond motifs is 2. The molecule has 2 aromatic heterocycles. The summed E-state index contributed by atoms with van der Waals surface area (Å²) in [5, 5.41) is 1.19. The molecular formula is C25H30ClN3O5. The molecule has 1 aliphatic heterocycles. The van der Waals surface area contributed by atoms with E-state index in [0.717, 1.165) is 38.4 Å². The molecule has 0 unspecified atom stereocenters. The Kier molecular flexibility index (Phi) is 7.58. The maximum Gasteiger partial charge on any atom is 0.326 e. The molecule has 0 aliphatic carbocycles. The second kappa shape index (κ2) is 10.6. The average molecular weight is 488 g/mol. The number of nitrogens with zero attached hydrogens (tertiary/aromatic N) is 3. The van der Waals surface area contributed by atoms with Crippen molar-refractivity contribution >= 4 is 45.3 Å². The summed E-state index contributed by atoms with van der Waals surface area (Å²) in [6.07, 6.45) is 2.01. The lowest BCUT2D eigenvalue weighted by Crippen LogP contribution is -2.30. The van der Waals surface area contributed by atoms with Gasteiger partial charge < -0.3 is 23.7 Å². The van der Waals surface area contributed by atoms with Crippen LogP contribution < -0.4 is 15.1 Å². The molecule has 1 aliphatic rings. The molecule has 0 radical (unpaired) electrons. The first-order valence-electron chi connectivity index (χ1n) is 11.7. The molecule has 0 amide bonds. The molecule has 8 nitrogen and oxygen atoms in total. The molecule has 0 N–H and O–H groups in total. The summed E-state index contributed by atoms with van der Waals surface area (Å²) < 4.78 is 18.2. The number of benzene rings is 1. The van der Waals surface area contributed by atoms with Gasteiger partial charge in [0.05, 0.1) is 34.5 Å². The standard InChI is InChI=1S/C25H30ClN3O5/c1-4-33-21(30)15-29-22-17(6-8-19(26)24(22)34-5-2)23(31)18-7-9-20(27-25(18)29)28(3)14-16-10-12-32-13-11-16/h6-9,16H,4-5,10-15H2,1-3H3. The second-order valence-corrected chi connectivity index (χ2v) is 8.81. The van der Waals surface area contributed by atoms with Crippen molar-refractivity contribution in [2.45, 2.75) is 33.2 Å². The van der Waals surface area contributed by atoms with Gasteiger partial charge in [-0.25, -0.2) is 4.98 Å². The fraction of sp³-hybridized carbons (Fsp3) is 0.480. The third-order valence-electron chi connectivity index (χ3n) is 6.10. The zero-order valence-electron chi connectivity index (χ0n) is 19.8. The van der Waals surface area contributed by atoms with Gasteiger partial charge in [-0.3, -0.25) is 9.59 Å². The number of ether oxygens (including phenoxy) is 3. The lowest BCUT2D eigenvalue weighted by Gasteiger charge is -2.28. The Bertz CT molecular complexity index is 1250. The zero-order chi connectivity index (χ0) is 24.2. The second-order valence-electron chi connectivity index (χ2n) is 8.40. The molecule has 3 heterocycles. The van der Waals surface area contributed by atoms with E-state index in [-0.39, 0.29) is 18.6 Å². The number of halogens is 1. The highest BCUT2D eigenvalue weighted by Gasteiger charge is 2.22. The van der Waals surface area contributed by atoms with Gasteiger partial charge in [-0.1, -0.05) is 11.6 Å². The van der Waals surface area contributed by atoms with Crippen LogP contribution in [0.5, 0.6) is 5.75 Å². The normalized spacial score (nSPS) is 14.5. The number of aromatic nitrogens is 2. The van der Waals surface area contributed by atoms with Crippen molar-refractivity contribution in [3.63, 3.8) is 0 Å². The summed E-state index contributed by atoms with van der Waals surface area (Å²) in [6.45, 7) is 6.45. The van der Waals surface area contributed by atoms with E-state index in [1.807, 2.05) is 20.0 Å². The van der Waals surface area contributed by atoms with E-state index in [9.17, 15) is 9.59 Å². The fourth-order valence-corrected chi connectivity index (χ4v) is 4.67. The van der Waals surface area contributed by atoms with Gasteiger partial charge in [-0.05, 0) is 56.9 Å². The number of carbonyl (C=O) groups is 1. The van der Waals surface area contributed by atoms with Gasteiger partial charge in [0.1, 0.15) is 18.0 Å². The highest BCUT2D eigenvalue weighted by atomic mass is 35.5. The van der Waals surface area contributed by atoms with Crippen molar-refractivity contribution in [2.24, 2.45) is 5.92 Å². The van der Waals surface area contributed by atoms with Crippen molar-refractivity contribution in [3.05, 3.63) is 39.5 Å². The van der Waals surface area contributed by atoms with E-state index in [1.54, 1.807) is 29.7 Å². The molecule has 182 valence electrons. The Morgan fingerprint density at radius 3 is 2.62 bits per heavy atom. The number of carbonyl (C=O) groups excluding carboxylic acids is 1. The monoisotopic (exact) mass is 487 g/mol. The molecule has 0 saturated carbocycles. The van der Waals surface area contributed by atoms with Gasteiger partial charge in [0.15, 0.2) is 11.2 Å². The van der Waals surface area contributed by atoms with E-state index in [2.05, 4.69) is 4.90 Å². The number of anilines is 1. The van der Waals surface area contributed by atoms with E-state index in [0.29, 0.717) is 45.2 Å². The van der Waals surface area contributed by atoms with E-state index in [1.165, 1.54) is 0 Å². The molecule has 34 heavy (non-hydrogen) atoms. The lowest BCUT2D eigenvalue weighted by molar-refractivity contribution is -0.143. The summed E-state index contributed by atoms with van der Waals surface area (Å²) in [7, 11) is 1.99. The highest BCUT2D eigenvalue weighted by Crippen LogP contribution is 2.34. The minimum absolute atomic E-state index is 0.123. The molecule has 9 heteroatoms. The van der Waals surface area contributed by atoms with Crippen LogP contribution in [0.2, 0.25) is 5.02 Å². The molecular weight excluding hydrogens is 458 g/mol. The lowest BCUT2D eigenvalue weighted by atomic mass is 10.00. The Balaban J connectivity index is 1.91. The van der Waals surface area contributed by atoms with Crippen LogP contribution in [0.25, 0.3) is 21.9 Å². The summed E-state index contributed by atoms with van der Waals surface area (Å²) in [5.74, 6) is 1.15. The van der Waals surface area contributed by atoms with Crippen molar-refractivity contribution < 1.29 is 19.0 Å². The highest BCUT2D eigenvalue weighted by molar-refractivity contribution is 6.33. The number of rotatable bonds is 8. The SMILES string of the molecule is CCOC(=O)Cn1c2nc(N(C)CC3CCOCC3)ccc2c(=O)c2ccc(Cl)c(OCC)c21. The molecule has 4 rings (SSSR count). The van der Waals surface area contributed by atoms with Crippen molar-refractivity contribution in [3.8, 4) is 5.75 Å². The van der Waals surface area contributed by atoms with Crippen LogP contribution in [-0.2, 0) is 20.8 Å². The number of hydrogen-bond acceptors (Lipinski definition) is 7. The van der Waals surface area contributed by atoms with Crippen LogP contribution in [0.3, 0.4) is 0 Å². The minimum atomic E-state index is -0.432. The van der Waals surface area contributed by atoms with Crippen LogP contribution in [0.1, 0.15) is 26.7 Å². The number of esters is 1. The quantitative estimate of drug-likeness (QED) is 0.350. The van der Waals surface area contributed by atoms with Gasteiger partial charge in [-0.2, -0.15) is 0 Å². The Labute approximate surface area is 203 Å². The first-order valence-corrected chi connectivity index (χ1v) is 12.0. The molecule has 1 saturated heterocycles. The summed E-state index contributed by atoms with van der Waals surface area (Å²) in [6, 6.07) is 6.93. The molecule has 0 spiro atoms. The Morgan fingerprint density at radius 1 is 1.18 bits per heavy atom. The van der Waals surface area contributed by atoms with Crippen LogP contribution >= 0.6 is 11.6 Å². The minimum Gasteiger partial charge on any atom is -0.490 e. The van der Waals surface area contributed by atoms with Crippen molar-refractivity contribution in [1.82, 2.24) is 9.55 Å². The third kappa shape index (κ3) is 4.83. The first kappa shape index (κ1) is 24.3. The fourth-order valence-electron chi connectivity index (χ4n) is 4.46. The molecule has 0 bridgehead atoms. The summed E-state index contributed by atoms with van der Waals surface area (Å²) in [5.41, 5.74) is 0.649. The largest absolute Gasteiger partial charge is 0.490 e. The van der Waals surface area contributed by atoms with Crippen LogP contribution in [-0.4, -0.2) is 55.5 Å². The predicted molar refractivity (Wildman–Crippen MR) is 133 cm³/mol. The van der Waals surface area contributed by atoms with E-state index >= 15 is 0 Å². The summed E-state index contributed by atoms with van der Waals surface area (Å²) >= 11 is 6.45. The number of pyridine rings is 2. The average Bonchev–Trinajstić information content (AvgIpc) is 2.83. The number of hydrogen-bond donors (Lipinski definition) is 0. The Morgan fingerprint density at radius 2 is 1.91 bits per heavy atom. The van der Waals surface area contributed by atoms with Crippen LogP contribution in [0.15, 0.2) is 29.1 Å². The van der Waals surface area contributed by atoms with Crippen molar-refractivity contribution in [2.75, 3.05) is 44.9 Å². The van der Waals surface area contributed by atoms with E-state index < -0.39 is 5.97 Å². The van der Waals surface area contributed by atoms with Crippen LogP contribution in [0.4, 0.5) is 5.82 Å². The topological polar surface area (TPSA) is 82.9 Å². The smallest absolute Gasteiger partial charge is 0.326 e. The first-order chi connectivity index (χ1) is 16.4. The van der Waals surface area contributed by atoms with Gasteiger partial charge in [0.2, 0.25) is 0 Å². The van der Waals surface area contributed by atoms with E-state index in [4.69, 9.17) is 30.8 Å². The molecule has 3 aromatic rings. The maximum absolute atomic E-state index is 13.4. The van der Waals surface area contributed by atoms with Crippen LogP contribution in [0, 0.1) is 5.92 Å². The zero-order valence-corrected chi connectivity index (χ0v) is 20.6. The third-order valence-corrected chi connectivity index (χ3v) is 6.40. The van der Waals surface area contributed by atoms with Crippen molar-refractivity contribution in [1.29, 1.82) is 0 Å². The molecule has 1 fully saturated rings. The summed E-state index contributed by atoms with van der Waals surface area (Å²) in [4.78, 5) is 32.9. The van der Waals surface area contributed by atoms with Gasteiger partial charge in [-0.15, -0.1) is 0 Å². The Hall–Kier alpha value is -2.84. The predicted octanol–water partition coefficient (Wildman–Crippen LogP) is 4.03. The van der Waals surface area contributed by atoms with Gasteiger partial charge in [0, 0.05) is 26.8 Å².